The molecule has 0 saturated heterocycles. The van der Waals surface area contributed by atoms with Crippen molar-refractivity contribution in [3.05, 3.63) is 30.1 Å². The zero-order valence-electron chi connectivity index (χ0n) is 6.94. The molecule has 4 heteroatoms. The molecule has 63 valence electrons. The number of rotatable bonds is 4. The third-order valence-corrected chi connectivity index (χ3v) is 1.14. The van der Waals surface area contributed by atoms with Crippen LogP contribution in [-0.2, 0) is 18.6 Å². The second-order valence-corrected chi connectivity index (χ2v) is 1.92. The van der Waals surface area contributed by atoms with Crippen LogP contribution in [-0.4, -0.2) is 30.8 Å². The van der Waals surface area contributed by atoms with Gasteiger partial charge in [0.05, 0.1) is 0 Å². The molecule has 1 atom stereocenters. The summed E-state index contributed by atoms with van der Waals surface area (Å²) in [7, 11) is 5.18. The molecule has 0 aliphatic rings. The maximum atomic E-state index is 9.19. The number of hydrogen-bond donors (Lipinski definition) is 2. The smallest absolute Gasteiger partial charge is 0.428 e. The van der Waals surface area contributed by atoms with Crippen molar-refractivity contribution < 1.29 is 28.8 Å². The Morgan fingerprint density at radius 2 is 2.33 bits per heavy atom. The summed E-state index contributed by atoms with van der Waals surface area (Å²) in [4.78, 5) is 0. The molecule has 0 unspecified atom stereocenters. The first-order valence-corrected chi connectivity index (χ1v) is 3.34. The maximum absolute atomic E-state index is 9.19. The second-order valence-electron chi connectivity index (χ2n) is 1.92. The van der Waals surface area contributed by atoms with Crippen molar-refractivity contribution in [2.45, 2.75) is 13.0 Å². The summed E-state index contributed by atoms with van der Waals surface area (Å²) in [6.07, 6.45) is 3.40. The van der Waals surface area contributed by atoms with Crippen LogP contribution in [0.25, 0.3) is 0 Å². The van der Waals surface area contributed by atoms with Crippen LogP contribution >= 0.6 is 0 Å². The summed E-state index contributed by atoms with van der Waals surface area (Å²) < 4.78 is 0. The summed E-state index contributed by atoms with van der Waals surface area (Å²) in [6, 6.07) is 0. The van der Waals surface area contributed by atoms with Gasteiger partial charge >= 0.3 is 18.6 Å². The molecule has 3 radical (unpaired) electrons. The van der Waals surface area contributed by atoms with E-state index in [1.165, 1.54) is 12.7 Å². The Morgan fingerprint density at radius 3 is 2.67 bits per heavy atom. The van der Waals surface area contributed by atoms with Crippen molar-refractivity contribution >= 4 is 7.85 Å². The molecule has 0 aromatic carbocycles. The van der Waals surface area contributed by atoms with Crippen molar-refractivity contribution in [1.29, 1.82) is 0 Å². The van der Waals surface area contributed by atoms with Crippen LogP contribution < -0.4 is 0 Å². The van der Waals surface area contributed by atoms with Gasteiger partial charge in [0.2, 0.25) is 0 Å². The van der Waals surface area contributed by atoms with Gasteiger partial charge in [-0.05, 0) is 7.85 Å². The standard InChI is InChI=1S/C8H11BO2.V/c1-2-3-7(6-9)8(11)4-5-10;/h2,4,6,8,10-11H,5H2,1H3;/q-2;+2/t3?,8-;/m0./s1. The van der Waals surface area contributed by atoms with E-state index in [9.17, 15) is 5.11 Å². The normalized spacial score (nSPS) is 10.6. The van der Waals surface area contributed by atoms with Gasteiger partial charge in [-0.2, -0.15) is 5.57 Å². The Morgan fingerprint density at radius 1 is 1.75 bits per heavy atom. The van der Waals surface area contributed by atoms with Crippen LogP contribution in [0.1, 0.15) is 6.92 Å². The van der Waals surface area contributed by atoms with E-state index in [1.54, 1.807) is 13.0 Å². The fraction of sp³-hybridized carbons (Fsp3) is 0.375. The average Bonchev–Trinajstić information content (AvgIpc) is 2.00. The van der Waals surface area contributed by atoms with Crippen molar-refractivity contribution in [1.82, 2.24) is 0 Å². The quantitative estimate of drug-likeness (QED) is 0.381. The molecule has 0 saturated carbocycles. The minimum Gasteiger partial charge on any atom is -0.428 e. The van der Waals surface area contributed by atoms with Gasteiger partial charge in [0, 0.05) is 0 Å². The van der Waals surface area contributed by atoms with Gasteiger partial charge in [0.15, 0.2) is 0 Å². The topological polar surface area (TPSA) is 40.5 Å². The summed E-state index contributed by atoms with van der Waals surface area (Å²) >= 11 is 0. The first kappa shape index (κ1) is 14.5. The molecule has 0 aromatic rings. The molecular formula is C8H11BO2V. The molecule has 2 N–H and O–H groups in total. The van der Waals surface area contributed by atoms with Gasteiger partial charge in [-0.3, -0.25) is 12.7 Å². The Bertz CT molecular complexity index is 164. The SMILES string of the molecule is [B][CH-]C(=C=CC)[C@@H](O)[CH-]CO.[V+2]. The van der Waals surface area contributed by atoms with E-state index in [0.717, 1.165) is 0 Å². The molecule has 12 heavy (non-hydrogen) atoms. The average molecular weight is 201 g/mol. The Balaban J connectivity index is 0. The molecular weight excluding hydrogens is 190 g/mol. The maximum Gasteiger partial charge on any atom is 2.00 e. The van der Waals surface area contributed by atoms with Crippen LogP contribution in [0.5, 0.6) is 0 Å². The van der Waals surface area contributed by atoms with E-state index in [2.05, 4.69) is 5.73 Å². The van der Waals surface area contributed by atoms with Gasteiger partial charge in [0.25, 0.3) is 0 Å². The zero-order chi connectivity index (χ0) is 8.69. The second kappa shape index (κ2) is 9.05. The number of hydrogen-bond acceptors (Lipinski definition) is 2. The van der Waals surface area contributed by atoms with E-state index >= 15 is 0 Å². The van der Waals surface area contributed by atoms with Gasteiger partial charge in [-0.25, -0.2) is 0 Å². The van der Waals surface area contributed by atoms with Crippen LogP contribution in [0, 0.1) is 12.7 Å². The van der Waals surface area contributed by atoms with E-state index in [0.29, 0.717) is 5.57 Å². The van der Waals surface area contributed by atoms with Crippen LogP contribution in [0.3, 0.4) is 0 Å². The van der Waals surface area contributed by atoms with Crippen LogP contribution in [0.4, 0.5) is 0 Å². The van der Waals surface area contributed by atoms with Crippen molar-refractivity contribution in [2.24, 2.45) is 0 Å². The molecule has 0 bridgehead atoms. The Kier molecular flexibility index (Phi) is 10.9. The third-order valence-electron chi connectivity index (χ3n) is 1.14. The van der Waals surface area contributed by atoms with E-state index in [-0.39, 0.29) is 25.2 Å². The summed E-state index contributed by atoms with van der Waals surface area (Å²) in [5.41, 5.74) is 3.20. The van der Waals surface area contributed by atoms with Gasteiger partial charge in [0.1, 0.15) is 0 Å². The largest absolute Gasteiger partial charge is 2.00 e. The number of aliphatic hydroxyl groups is 2. The fourth-order valence-corrected chi connectivity index (χ4v) is 0.626. The van der Waals surface area contributed by atoms with Crippen LogP contribution in [0.2, 0.25) is 0 Å². The minimum absolute atomic E-state index is 0. The summed E-state index contributed by atoms with van der Waals surface area (Å²) in [6.45, 7) is 1.60. The third kappa shape index (κ3) is 5.59. The molecule has 0 aliphatic carbocycles. The molecule has 0 rings (SSSR count). The van der Waals surface area contributed by atoms with E-state index < -0.39 is 6.10 Å². The first-order chi connectivity index (χ1) is 5.26. The molecule has 0 fully saturated rings. The van der Waals surface area contributed by atoms with Crippen molar-refractivity contribution in [3.63, 3.8) is 0 Å². The van der Waals surface area contributed by atoms with E-state index in [1.807, 2.05) is 0 Å². The predicted octanol–water partition coefficient (Wildman–Crippen LogP) is -0.0269. The summed E-state index contributed by atoms with van der Waals surface area (Å²) in [5.74, 6) is 0. The molecule has 2 nitrogen and oxygen atoms in total. The Hall–Kier alpha value is -0.0406. The van der Waals surface area contributed by atoms with Crippen LogP contribution in [0.15, 0.2) is 17.4 Å². The molecule has 0 aliphatic heterocycles. The molecule has 0 spiro atoms. The van der Waals surface area contributed by atoms with Gasteiger partial charge in [-0.15, -0.1) is 6.08 Å². The zero-order valence-corrected chi connectivity index (χ0v) is 8.33. The van der Waals surface area contributed by atoms with E-state index in [4.69, 9.17) is 13.0 Å². The molecule has 0 aromatic heterocycles. The first-order valence-electron chi connectivity index (χ1n) is 3.34. The predicted molar refractivity (Wildman–Crippen MR) is 44.7 cm³/mol. The summed E-state index contributed by atoms with van der Waals surface area (Å²) in [5, 5.41) is 17.6. The molecule has 0 amide bonds. The van der Waals surface area contributed by atoms with Gasteiger partial charge in [-0.1, -0.05) is 19.6 Å². The molecule has 0 heterocycles. The minimum atomic E-state index is -0.832. The Labute approximate surface area is 86.7 Å². The monoisotopic (exact) mass is 201 g/mol. The number of aliphatic hydroxyl groups excluding tert-OH is 2. The fourth-order valence-electron chi connectivity index (χ4n) is 0.626. The van der Waals surface area contributed by atoms with Crippen molar-refractivity contribution in [2.75, 3.05) is 6.61 Å². The van der Waals surface area contributed by atoms with Gasteiger partial charge < -0.3 is 15.9 Å². The van der Waals surface area contributed by atoms with Crippen molar-refractivity contribution in [3.8, 4) is 0 Å².